The molecule has 1 aliphatic heterocycles. The van der Waals surface area contributed by atoms with Crippen LogP contribution in [0.15, 0.2) is 42.5 Å². The van der Waals surface area contributed by atoms with E-state index in [-0.39, 0.29) is 0 Å². The molecule has 1 N–H and O–H groups in total. The van der Waals surface area contributed by atoms with Gasteiger partial charge in [-0.1, -0.05) is 36.4 Å². The Morgan fingerprint density at radius 2 is 1.62 bits per heavy atom. The molecule has 1 heterocycles. The number of rotatable bonds is 0. The molecule has 0 atom stereocenters. The number of hydrogen-bond donors (Lipinski definition) is 1. The van der Waals surface area contributed by atoms with E-state index in [0.717, 1.165) is 22.3 Å². The van der Waals surface area contributed by atoms with Crippen LogP contribution in [0.5, 0.6) is 5.75 Å². The molecule has 0 unspecified atom stereocenters. The van der Waals surface area contributed by atoms with Crippen molar-refractivity contribution in [3.05, 3.63) is 53.6 Å². The molecule has 0 saturated heterocycles. The summed E-state index contributed by atoms with van der Waals surface area (Å²) in [5, 5.41) is 9.97. The standard InChI is InChI=1S/C14H12O2/c15-13-7-3-5-11-9-16-8-10-4-1-2-6-12(10)14(11)13/h1-7,15H,8-9H2. The predicted octanol–water partition coefficient (Wildman–Crippen LogP) is 3.09. The summed E-state index contributed by atoms with van der Waals surface area (Å²) in [6.45, 7) is 1.16. The molecule has 16 heavy (non-hydrogen) atoms. The van der Waals surface area contributed by atoms with Gasteiger partial charge in [0, 0.05) is 5.56 Å². The van der Waals surface area contributed by atoms with Crippen molar-refractivity contribution in [2.24, 2.45) is 0 Å². The zero-order valence-corrected chi connectivity index (χ0v) is 8.81. The van der Waals surface area contributed by atoms with Gasteiger partial charge in [-0.2, -0.15) is 0 Å². The number of aromatic hydroxyl groups is 1. The summed E-state index contributed by atoms with van der Waals surface area (Å²) >= 11 is 0. The van der Waals surface area contributed by atoms with Crippen molar-refractivity contribution in [3.8, 4) is 16.9 Å². The quantitative estimate of drug-likeness (QED) is 0.727. The lowest BCUT2D eigenvalue weighted by molar-refractivity contribution is 0.109. The van der Waals surface area contributed by atoms with Gasteiger partial charge in [0.1, 0.15) is 5.75 Å². The molecule has 0 bridgehead atoms. The number of hydrogen-bond acceptors (Lipinski definition) is 2. The summed E-state index contributed by atoms with van der Waals surface area (Å²) in [7, 11) is 0. The molecular formula is C14H12O2. The van der Waals surface area contributed by atoms with E-state index in [1.807, 2.05) is 36.4 Å². The molecule has 2 nitrogen and oxygen atoms in total. The molecule has 1 aliphatic rings. The van der Waals surface area contributed by atoms with Gasteiger partial charge in [-0.05, 0) is 22.8 Å². The van der Waals surface area contributed by atoms with E-state index in [2.05, 4.69) is 0 Å². The average Bonchev–Trinajstić information content (AvgIpc) is 2.49. The highest BCUT2D eigenvalue weighted by Crippen LogP contribution is 2.37. The maximum Gasteiger partial charge on any atom is 0.123 e. The van der Waals surface area contributed by atoms with Crippen molar-refractivity contribution in [1.82, 2.24) is 0 Å². The first-order valence-corrected chi connectivity index (χ1v) is 5.33. The van der Waals surface area contributed by atoms with Gasteiger partial charge >= 0.3 is 0 Å². The fraction of sp³-hybridized carbons (Fsp3) is 0.143. The van der Waals surface area contributed by atoms with Gasteiger partial charge in [-0.25, -0.2) is 0 Å². The van der Waals surface area contributed by atoms with Crippen LogP contribution in [-0.4, -0.2) is 5.11 Å². The molecular weight excluding hydrogens is 200 g/mol. The van der Waals surface area contributed by atoms with E-state index < -0.39 is 0 Å². The van der Waals surface area contributed by atoms with E-state index in [0.29, 0.717) is 19.0 Å². The molecule has 0 radical (unpaired) electrons. The van der Waals surface area contributed by atoms with Crippen LogP contribution in [0, 0.1) is 0 Å². The summed E-state index contributed by atoms with van der Waals surface area (Å²) in [5.74, 6) is 0.329. The zero-order chi connectivity index (χ0) is 11.0. The summed E-state index contributed by atoms with van der Waals surface area (Å²) in [4.78, 5) is 0. The highest BCUT2D eigenvalue weighted by Gasteiger charge is 2.16. The van der Waals surface area contributed by atoms with Gasteiger partial charge in [0.25, 0.3) is 0 Å². The fourth-order valence-corrected chi connectivity index (χ4v) is 2.18. The lowest BCUT2D eigenvalue weighted by Gasteiger charge is -2.09. The van der Waals surface area contributed by atoms with Gasteiger partial charge < -0.3 is 9.84 Å². The Balaban J connectivity index is 2.32. The zero-order valence-electron chi connectivity index (χ0n) is 8.81. The third-order valence-electron chi connectivity index (χ3n) is 2.93. The molecule has 0 fully saturated rings. The van der Waals surface area contributed by atoms with E-state index >= 15 is 0 Å². The molecule has 0 spiro atoms. The number of ether oxygens (including phenoxy) is 1. The van der Waals surface area contributed by atoms with E-state index in [9.17, 15) is 5.11 Å². The molecule has 2 heteroatoms. The Morgan fingerprint density at radius 3 is 2.56 bits per heavy atom. The summed E-state index contributed by atoms with van der Waals surface area (Å²) < 4.78 is 5.59. The van der Waals surface area contributed by atoms with Gasteiger partial charge in [0.15, 0.2) is 0 Å². The summed E-state index contributed by atoms with van der Waals surface area (Å²) in [5.41, 5.74) is 4.16. The molecule has 2 aromatic carbocycles. The Hall–Kier alpha value is -1.80. The SMILES string of the molecule is Oc1cccc2c1-c1ccccc1COC2. The number of phenolic OH excluding ortho intramolecular Hbond substituents is 1. The largest absolute Gasteiger partial charge is 0.507 e. The second kappa shape index (κ2) is 3.65. The first-order valence-electron chi connectivity index (χ1n) is 5.33. The van der Waals surface area contributed by atoms with Crippen LogP contribution in [0.3, 0.4) is 0 Å². The molecule has 0 aromatic heterocycles. The highest BCUT2D eigenvalue weighted by atomic mass is 16.5. The molecule has 0 aliphatic carbocycles. The summed E-state index contributed by atoms with van der Waals surface area (Å²) in [6.07, 6.45) is 0. The Bertz CT molecular complexity index is 532. The minimum absolute atomic E-state index is 0.329. The van der Waals surface area contributed by atoms with Crippen LogP contribution in [0.2, 0.25) is 0 Å². The number of phenols is 1. The second-order valence-corrected chi connectivity index (χ2v) is 3.96. The first-order chi connectivity index (χ1) is 7.86. The van der Waals surface area contributed by atoms with Crippen molar-refractivity contribution >= 4 is 0 Å². The van der Waals surface area contributed by atoms with Crippen LogP contribution in [0.4, 0.5) is 0 Å². The topological polar surface area (TPSA) is 29.5 Å². The average molecular weight is 212 g/mol. The van der Waals surface area contributed by atoms with Crippen molar-refractivity contribution in [1.29, 1.82) is 0 Å². The van der Waals surface area contributed by atoms with Crippen LogP contribution < -0.4 is 0 Å². The van der Waals surface area contributed by atoms with Gasteiger partial charge in [0.05, 0.1) is 13.2 Å². The molecule has 0 amide bonds. The molecule has 3 rings (SSSR count). The van der Waals surface area contributed by atoms with Crippen LogP contribution in [0.25, 0.3) is 11.1 Å². The highest BCUT2D eigenvalue weighted by molar-refractivity contribution is 5.76. The van der Waals surface area contributed by atoms with Gasteiger partial charge in [0.2, 0.25) is 0 Å². The van der Waals surface area contributed by atoms with Crippen LogP contribution >= 0.6 is 0 Å². The minimum atomic E-state index is 0.329. The lowest BCUT2D eigenvalue weighted by atomic mass is 9.96. The first kappa shape index (κ1) is 9.43. The molecule has 2 aromatic rings. The number of fused-ring (bicyclic) bond motifs is 3. The molecule has 0 saturated carbocycles. The normalized spacial score (nSPS) is 13.8. The maximum atomic E-state index is 9.97. The van der Waals surface area contributed by atoms with Crippen molar-refractivity contribution in [3.63, 3.8) is 0 Å². The smallest absolute Gasteiger partial charge is 0.123 e. The third-order valence-corrected chi connectivity index (χ3v) is 2.93. The Kier molecular flexibility index (Phi) is 2.15. The molecule has 80 valence electrons. The van der Waals surface area contributed by atoms with E-state index in [1.54, 1.807) is 6.07 Å². The monoisotopic (exact) mass is 212 g/mol. The maximum absolute atomic E-state index is 9.97. The van der Waals surface area contributed by atoms with Gasteiger partial charge in [-0.3, -0.25) is 0 Å². The number of benzene rings is 2. The van der Waals surface area contributed by atoms with Crippen molar-refractivity contribution in [2.75, 3.05) is 0 Å². The lowest BCUT2D eigenvalue weighted by Crippen LogP contribution is -1.89. The van der Waals surface area contributed by atoms with Gasteiger partial charge in [-0.15, -0.1) is 0 Å². The third kappa shape index (κ3) is 1.39. The Morgan fingerprint density at radius 1 is 0.875 bits per heavy atom. The Labute approximate surface area is 94.1 Å². The van der Waals surface area contributed by atoms with E-state index in [1.165, 1.54) is 0 Å². The minimum Gasteiger partial charge on any atom is -0.507 e. The second-order valence-electron chi connectivity index (χ2n) is 3.96. The van der Waals surface area contributed by atoms with Crippen LogP contribution in [0.1, 0.15) is 11.1 Å². The predicted molar refractivity (Wildman–Crippen MR) is 62.0 cm³/mol. The van der Waals surface area contributed by atoms with Crippen LogP contribution in [-0.2, 0) is 18.0 Å². The van der Waals surface area contributed by atoms with E-state index in [4.69, 9.17) is 4.74 Å². The summed E-state index contributed by atoms with van der Waals surface area (Å²) in [6, 6.07) is 13.6. The van der Waals surface area contributed by atoms with Crippen molar-refractivity contribution < 1.29 is 9.84 Å². The fourth-order valence-electron chi connectivity index (χ4n) is 2.18. The van der Waals surface area contributed by atoms with Crippen molar-refractivity contribution in [2.45, 2.75) is 13.2 Å².